The van der Waals surface area contributed by atoms with Crippen LogP contribution < -0.4 is 18.9 Å². The second kappa shape index (κ2) is 9.73. The van der Waals surface area contributed by atoms with Gasteiger partial charge < -0.3 is 14.2 Å². The molecule has 1 aromatic heterocycles. The van der Waals surface area contributed by atoms with E-state index in [0.717, 1.165) is 5.56 Å². The number of aromatic nitrogens is 2. The lowest BCUT2D eigenvalue weighted by molar-refractivity contribution is 0.0981. The fourth-order valence-corrected chi connectivity index (χ4v) is 4.35. The summed E-state index contributed by atoms with van der Waals surface area (Å²) in [6, 6.07) is 11.1. The first-order valence-electron chi connectivity index (χ1n) is 9.80. The monoisotopic (exact) mass is 459 g/mol. The predicted molar refractivity (Wildman–Crippen MR) is 118 cm³/mol. The minimum absolute atomic E-state index is 0.0654. The Bertz CT molecular complexity index is 1190. The molecule has 0 atom stereocenters. The maximum atomic E-state index is 13.1. The first-order chi connectivity index (χ1) is 15.2. The normalized spacial score (nSPS) is 11.3. The van der Waals surface area contributed by atoms with Gasteiger partial charge in [0, 0.05) is 23.5 Å². The molecule has 1 heterocycles. The Hall–Kier alpha value is -3.53. The molecule has 2 aromatic carbocycles. The molecule has 1 amide bonds. The molecule has 0 bridgehead atoms. The van der Waals surface area contributed by atoms with Crippen LogP contribution in [0.3, 0.4) is 0 Å². The van der Waals surface area contributed by atoms with Gasteiger partial charge in [0.05, 0.1) is 26.9 Å². The van der Waals surface area contributed by atoms with Crippen LogP contribution in [0.5, 0.6) is 17.2 Å². The highest BCUT2D eigenvalue weighted by atomic mass is 32.2. The Kier molecular flexibility index (Phi) is 7.04. The first kappa shape index (κ1) is 23.1. The van der Waals surface area contributed by atoms with Crippen LogP contribution in [0.15, 0.2) is 59.8 Å². The van der Waals surface area contributed by atoms with Gasteiger partial charge in [0.25, 0.3) is 15.9 Å². The van der Waals surface area contributed by atoms with Crippen LogP contribution in [-0.4, -0.2) is 44.4 Å². The highest BCUT2D eigenvalue weighted by Crippen LogP contribution is 2.34. The molecule has 0 saturated carbocycles. The molecule has 10 heteroatoms. The van der Waals surface area contributed by atoms with Crippen molar-refractivity contribution in [1.82, 2.24) is 14.5 Å². The van der Waals surface area contributed by atoms with Crippen molar-refractivity contribution in [3.05, 3.63) is 66.0 Å². The zero-order valence-electron chi connectivity index (χ0n) is 18.2. The Labute approximate surface area is 187 Å². The molecule has 0 unspecified atom stereocenters. The van der Waals surface area contributed by atoms with E-state index in [9.17, 15) is 13.2 Å². The van der Waals surface area contributed by atoms with Gasteiger partial charge >= 0.3 is 0 Å². The fraction of sp³-hybridized carbons (Fsp3) is 0.273. The number of carbonyl (C=O) groups excluding carboxylic acids is 1. The second-order valence-electron chi connectivity index (χ2n) is 7.12. The second-order valence-corrected chi connectivity index (χ2v) is 8.74. The van der Waals surface area contributed by atoms with Crippen LogP contribution >= 0.6 is 0 Å². The number of hydrogen-bond donors (Lipinski definition) is 1. The van der Waals surface area contributed by atoms with Gasteiger partial charge in [-0.15, -0.1) is 0 Å². The van der Waals surface area contributed by atoms with E-state index < -0.39 is 15.9 Å². The Morgan fingerprint density at radius 3 is 2.41 bits per heavy atom. The number of sulfonamides is 1. The van der Waals surface area contributed by atoms with E-state index in [0.29, 0.717) is 12.3 Å². The predicted octanol–water partition coefficient (Wildman–Crippen LogP) is 2.85. The number of methoxy groups -OCH3 is 2. The highest BCUT2D eigenvalue weighted by Gasteiger charge is 2.28. The highest BCUT2D eigenvalue weighted by molar-refractivity contribution is 7.90. The van der Waals surface area contributed by atoms with Crippen LogP contribution in [0.4, 0.5) is 0 Å². The molecule has 9 nitrogen and oxygen atoms in total. The molecule has 0 fully saturated rings. The standard InChI is InChI=1S/C22H25N3O6S/c1-15(2)31-19-8-5-7-18(29-3)21(19)32(27,28)24-22(26)16-9-10-17(20(13-16)30-4)14-25-12-6-11-23-25/h5-13,15H,14H2,1-4H3,(H,24,26). The number of nitrogens with zero attached hydrogens (tertiary/aromatic N) is 2. The van der Waals surface area contributed by atoms with Crippen molar-refractivity contribution < 1.29 is 27.4 Å². The Morgan fingerprint density at radius 2 is 1.78 bits per heavy atom. The van der Waals surface area contributed by atoms with E-state index in [2.05, 4.69) is 9.82 Å². The van der Waals surface area contributed by atoms with Gasteiger partial charge in [-0.25, -0.2) is 13.1 Å². The summed E-state index contributed by atoms with van der Waals surface area (Å²) in [5.74, 6) is -0.218. The third-order valence-corrected chi connectivity index (χ3v) is 5.86. The average Bonchev–Trinajstić information content (AvgIpc) is 3.26. The van der Waals surface area contributed by atoms with Gasteiger partial charge in [-0.1, -0.05) is 12.1 Å². The van der Waals surface area contributed by atoms with E-state index >= 15 is 0 Å². The summed E-state index contributed by atoms with van der Waals surface area (Å²) in [7, 11) is -1.48. The van der Waals surface area contributed by atoms with Crippen molar-refractivity contribution in [3.8, 4) is 17.2 Å². The lowest BCUT2D eigenvalue weighted by Crippen LogP contribution is -2.31. The van der Waals surface area contributed by atoms with E-state index in [-0.39, 0.29) is 28.1 Å². The van der Waals surface area contributed by atoms with Crippen molar-refractivity contribution in [3.63, 3.8) is 0 Å². The first-order valence-corrected chi connectivity index (χ1v) is 11.3. The van der Waals surface area contributed by atoms with Gasteiger partial charge in [0.2, 0.25) is 0 Å². The largest absolute Gasteiger partial charge is 0.496 e. The van der Waals surface area contributed by atoms with Gasteiger partial charge in [0.15, 0.2) is 4.90 Å². The molecular formula is C22H25N3O6S. The number of carbonyl (C=O) groups is 1. The molecule has 3 aromatic rings. The molecule has 1 N–H and O–H groups in total. The van der Waals surface area contributed by atoms with Crippen molar-refractivity contribution in [2.75, 3.05) is 14.2 Å². The van der Waals surface area contributed by atoms with Crippen molar-refractivity contribution in [2.45, 2.75) is 31.4 Å². The SMILES string of the molecule is COc1cc(C(=O)NS(=O)(=O)c2c(OC)cccc2OC(C)C)ccc1Cn1cccn1. The number of ether oxygens (including phenoxy) is 3. The van der Waals surface area contributed by atoms with Gasteiger partial charge in [-0.2, -0.15) is 5.10 Å². The maximum absolute atomic E-state index is 13.1. The molecule has 170 valence electrons. The molecule has 3 rings (SSSR count). The number of hydrogen-bond acceptors (Lipinski definition) is 7. The molecule has 0 saturated heterocycles. The van der Waals surface area contributed by atoms with E-state index in [1.807, 2.05) is 0 Å². The molecule has 0 radical (unpaired) electrons. The average molecular weight is 460 g/mol. The Morgan fingerprint density at radius 1 is 1.06 bits per heavy atom. The topological polar surface area (TPSA) is 109 Å². The minimum Gasteiger partial charge on any atom is -0.496 e. The molecule has 0 aliphatic heterocycles. The number of amides is 1. The van der Waals surface area contributed by atoms with Crippen molar-refractivity contribution in [1.29, 1.82) is 0 Å². The molecule has 32 heavy (non-hydrogen) atoms. The van der Waals surface area contributed by atoms with Crippen LogP contribution in [0, 0.1) is 0 Å². The van der Waals surface area contributed by atoms with Crippen molar-refractivity contribution >= 4 is 15.9 Å². The summed E-state index contributed by atoms with van der Waals surface area (Å²) in [6.45, 7) is 3.98. The summed E-state index contributed by atoms with van der Waals surface area (Å²) >= 11 is 0. The smallest absolute Gasteiger partial charge is 0.271 e. The minimum atomic E-state index is -4.30. The summed E-state index contributed by atoms with van der Waals surface area (Å²) < 4.78 is 46.2. The van der Waals surface area contributed by atoms with E-state index in [1.165, 1.54) is 38.5 Å². The summed E-state index contributed by atoms with van der Waals surface area (Å²) in [6.07, 6.45) is 3.18. The molecule has 0 aliphatic rings. The number of nitrogens with one attached hydrogen (secondary N) is 1. The summed E-state index contributed by atoms with van der Waals surface area (Å²) in [5, 5.41) is 4.15. The summed E-state index contributed by atoms with van der Waals surface area (Å²) in [4.78, 5) is 12.6. The molecule has 0 spiro atoms. The maximum Gasteiger partial charge on any atom is 0.271 e. The molecule has 0 aliphatic carbocycles. The lowest BCUT2D eigenvalue weighted by atomic mass is 10.1. The van der Waals surface area contributed by atoms with Crippen LogP contribution in [0.25, 0.3) is 0 Å². The third kappa shape index (κ3) is 5.20. The zero-order chi connectivity index (χ0) is 23.3. The summed E-state index contributed by atoms with van der Waals surface area (Å²) in [5.41, 5.74) is 0.906. The van der Waals surface area contributed by atoms with Gasteiger partial charge in [0.1, 0.15) is 17.2 Å². The number of benzene rings is 2. The van der Waals surface area contributed by atoms with E-state index in [4.69, 9.17) is 14.2 Å². The van der Waals surface area contributed by atoms with Crippen LogP contribution in [-0.2, 0) is 16.6 Å². The van der Waals surface area contributed by atoms with Gasteiger partial charge in [-0.3, -0.25) is 9.48 Å². The van der Waals surface area contributed by atoms with Crippen LogP contribution in [0.2, 0.25) is 0 Å². The third-order valence-electron chi connectivity index (χ3n) is 4.46. The molecular weight excluding hydrogens is 434 g/mol. The van der Waals surface area contributed by atoms with Crippen molar-refractivity contribution in [2.24, 2.45) is 0 Å². The zero-order valence-corrected chi connectivity index (χ0v) is 19.0. The quantitative estimate of drug-likeness (QED) is 0.524. The lowest BCUT2D eigenvalue weighted by Gasteiger charge is -2.17. The van der Waals surface area contributed by atoms with Crippen LogP contribution in [0.1, 0.15) is 29.8 Å². The Balaban J connectivity index is 1.90. The fourth-order valence-electron chi connectivity index (χ4n) is 3.08. The van der Waals surface area contributed by atoms with E-state index in [1.54, 1.807) is 49.1 Å². The number of rotatable bonds is 9. The van der Waals surface area contributed by atoms with Gasteiger partial charge in [-0.05, 0) is 44.2 Å².